The van der Waals surface area contributed by atoms with Gasteiger partial charge in [-0.3, -0.25) is 4.98 Å². The summed E-state index contributed by atoms with van der Waals surface area (Å²) in [5.41, 5.74) is 1.68. The number of aliphatic hydroxyl groups excluding tert-OH is 1. The molecular formula is C14H22N2O2. The van der Waals surface area contributed by atoms with Crippen LogP contribution in [0.15, 0.2) is 12.3 Å². The van der Waals surface area contributed by atoms with Gasteiger partial charge in [0.25, 0.3) is 0 Å². The zero-order valence-corrected chi connectivity index (χ0v) is 11.2. The molecule has 0 spiro atoms. The zero-order chi connectivity index (χ0) is 13.0. The van der Waals surface area contributed by atoms with Crippen LogP contribution < -0.4 is 4.74 Å². The van der Waals surface area contributed by atoms with Crippen molar-refractivity contribution in [3.8, 4) is 5.75 Å². The number of hydrogen-bond donors (Lipinski definition) is 1. The van der Waals surface area contributed by atoms with Crippen molar-refractivity contribution in [2.24, 2.45) is 0 Å². The van der Waals surface area contributed by atoms with Crippen LogP contribution in [0.2, 0.25) is 0 Å². The first-order valence-corrected chi connectivity index (χ1v) is 6.60. The van der Waals surface area contributed by atoms with Gasteiger partial charge in [0.15, 0.2) is 0 Å². The van der Waals surface area contributed by atoms with E-state index < -0.39 is 0 Å². The Bertz CT molecular complexity index is 395. The number of ether oxygens (including phenoxy) is 1. The summed E-state index contributed by atoms with van der Waals surface area (Å²) in [4.78, 5) is 6.53. The van der Waals surface area contributed by atoms with E-state index in [0.29, 0.717) is 12.6 Å². The smallest absolute Gasteiger partial charge is 0.128 e. The highest BCUT2D eigenvalue weighted by Crippen LogP contribution is 2.21. The van der Waals surface area contributed by atoms with E-state index in [1.165, 1.54) is 19.3 Å². The predicted molar refractivity (Wildman–Crippen MR) is 70.7 cm³/mol. The van der Waals surface area contributed by atoms with E-state index >= 15 is 0 Å². The first kappa shape index (κ1) is 13.3. The van der Waals surface area contributed by atoms with Gasteiger partial charge >= 0.3 is 0 Å². The van der Waals surface area contributed by atoms with Crippen LogP contribution in [0.1, 0.15) is 30.5 Å². The summed E-state index contributed by atoms with van der Waals surface area (Å²) in [6.07, 6.45) is 5.44. The van der Waals surface area contributed by atoms with Gasteiger partial charge in [0.05, 0.1) is 6.61 Å². The Morgan fingerprint density at radius 3 is 3.06 bits per heavy atom. The monoisotopic (exact) mass is 250 g/mol. The molecule has 2 rings (SSSR count). The minimum atomic E-state index is -0.0247. The number of aliphatic hydroxyl groups is 1. The van der Waals surface area contributed by atoms with Crippen molar-refractivity contribution in [1.82, 2.24) is 9.88 Å². The Morgan fingerprint density at radius 1 is 1.50 bits per heavy atom. The van der Waals surface area contributed by atoms with Gasteiger partial charge in [0.2, 0.25) is 0 Å². The van der Waals surface area contributed by atoms with E-state index in [9.17, 15) is 5.11 Å². The van der Waals surface area contributed by atoms with E-state index in [1.807, 2.05) is 13.0 Å². The van der Waals surface area contributed by atoms with Crippen molar-refractivity contribution in [1.29, 1.82) is 0 Å². The van der Waals surface area contributed by atoms with Crippen LogP contribution >= 0.6 is 0 Å². The van der Waals surface area contributed by atoms with Crippen molar-refractivity contribution < 1.29 is 9.84 Å². The molecule has 0 saturated carbocycles. The summed E-state index contributed by atoms with van der Waals surface area (Å²) < 4.78 is 5.88. The molecule has 1 aliphatic rings. The molecule has 2 heterocycles. The van der Waals surface area contributed by atoms with E-state index in [0.717, 1.165) is 23.6 Å². The minimum Gasteiger partial charge on any atom is -0.491 e. The normalized spacial score (nSPS) is 20.9. The fourth-order valence-corrected chi connectivity index (χ4v) is 2.36. The molecule has 1 N–H and O–H groups in total. The molecule has 0 bridgehead atoms. The maximum absolute atomic E-state index is 9.27. The molecule has 1 saturated heterocycles. The van der Waals surface area contributed by atoms with Crippen molar-refractivity contribution in [3.63, 3.8) is 0 Å². The molecule has 1 aliphatic heterocycles. The van der Waals surface area contributed by atoms with Gasteiger partial charge in [-0.05, 0) is 33.4 Å². The standard InChI is InChI=1S/C14H22N2O2/c1-11-7-14(12(9-17)8-15-11)18-10-13-5-3-4-6-16(13)2/h7-8,13,17H,3-6,9-10H2,1-2H3. The molecule has 1 unspecified atom stereocenters. The maximum Gasteiger partial charge on any atom is 0.128 e. The molecule has 0 radical (unpaired) electrons. The Kier molecular flexibility index (Phi) is 4.55. The lowest BCUT2D eigenvalue weighted by atomic mass is 10.0. The molecular weight excluding hydrogens is 228 g/mol. The third-order valence-corrected chi connectivity index (χ3v) is 3.60. The number of rotatable bonds is 4. The molecule has 100 valence electrons. The molecule has 1 atom stereocenters. The third-order valence-electron chi connectivity index (χ3n) is 3.60. The number of likely N-dealkylation sites (N-methyl/N-ethyl adjacent to an activating group) is 1. The summed E-state index contributed by atoms with van der Waals surface area (Å²) in [6, 6.07) is 2.38. The van der Waals surface area contributed by atoms with Crippen LogP contribution in [0, 0.1) is 6.92 Å². The highest BCUT2D eigenvalue weighted by atomic mass is 16.5. The summed E-state index contributed by atoms with van der Waals surface area (Å²) in [5, 5.41) is 9.27. The lowest BCUT2D eigenvalue weighted by Crippen LogP contribution is -2.40. The second-order valence-corrected chi connectivity index (χ2v) is 5.03. The first-order chi connectivity index (χ1) is 8.70. The second-order valence-electron chi connectivity index (χ2n) is 5.03. The maximum atomic E-state index is 9.27. The highest BCUT2D eigenvalue weighted by Gasteiger charge is 2.19. The minimum absolute atomic E-state index is 0.0247. The van der Waals surface area contributed by atoms with Gasteiger partial charge in [-0.15, -0.1) is 0 Å². The Morgan fingerprint density at radius 2 is 2.33 bits per heavy atom. The van der Waals surface area contributed by atoms with Crippen LogP contribution in [-0.4, -0.2) is 41.2 Å². The first-order valence-electron chi connectivity index (χ1n) is 6.60. The molecule has 4 heteroatoms. The topological polar surface area (TPSA) is 45.6 Å². The second kappa shape index (κ2) is 6.16. The van der Waals surface area contributed by atoms with Crippen LogP contribution in [-0.2, 0) is 6.61 Å². The number of aromatic nitrogens is 1. The average Bonchev–Trinajstić information content (AvgIpc) is 2.38. The van der Waals surface area contributed by atoms with E-state index in [4.69, 9.17) is 4.74 Å². The molecule has 0 aromatic carbocycles. The fraction of sp³-hybridized carbons (Fsp3) is 0.643. The van der Waals surface area contributed by atoms with Crippen molar-refractivity contribution in [2.75, 3.05) is 20.2 Å². The summed E-state index contributed by atoms with van der Waals surface area (Å²) in [5.74, 6) is 0.768. The van der Waals surface area contributed by atoms with Crippen LogP contribution in [0.3, 0.4) is 0 Å². The SMILES string of the molecule is Cc1cc(OCC2CCCCN2C)c(CO)cn1. The molecule has 0 aliphatic carbocycles. The molecule has 4 nitrogen and oxygen atoms in total. The molecule has 0 amide bonds. The number of aryl methyl sites for hydroxylation is 1. The van der Waals surface area contributed by atoms with Crippen molar-refractivity contribution >= 4 is 0 Å². The quantitative estimate of drug-likeness (QED) is 0.884. The van der Waals surface area contributed by atoms with Gasteiger partial charge in [-0.2, -0.15) is 0 Å². The molecule has 1 aromatic rings. The van der Waals surface area contributed by atoms with Crippen LogP contribution in [0.25, 0.3) is 0 Å². The Hall–Kier alpha value is -1.13. The number of hydrogen-bond acceptors (Lipinski definition) is 4. The predicted octanol–water partition coefficient (Wildman–Crippen LogP) is 1.75. The van der Waals surface area contributed by atoms with Crippen LogP contribution in [0.5, 0.6) is 5.75 Å². The number of nitrogens with zero attached hydrogens (tertiary/aromatic N) is 2. The summed E-state index contributed by atoms with van der Waals surface area (Å²) in [6.45, 7) is 3.74. The van der Waals surface area contributed by atoms with Crippen LogP contribution in [0.4, 0.5) is 0 Å². The van der Waals surface area contributed by atoms with Crippen molar-refractivity contribution in [2.45, 2.75) is 38.8 Å². The van der Waals surface area contributed by atoms with Gasteiger partial charge in [-0.1, -0.05) is 6.42 Å². The highest BCUT2D eigenvalue weighted by molar-refractivity contribution is 5.32. The number of likely N-dealkylation sites (tertiary alicyclic amines) is 1. The molecule has 1 fully saturated rings. The van der Waals surface area contributed by atoms with Gasteiger partial charge in [-0.25, -0.2) is 0 Å². The summed E-state index contributed by atoms with van der Waals surface area (Å²) in [7, 11) is 2.15. The van der Waals surface area contributed by atoms with E-state index in [2.05, 4.69) is 16.9 Å². The lowest BCUT2D eigenvalue weighted by Gasteiger charge is -2.32. The van der Waals surface area contributed by atoms with Gasteiger partial charge in [0, 0.05) is 29.6 Å². The lowest BCUT2D eigenvalue weighted by molar-refractivity contribution is 0.123. The zero-order valence-electron chi connectivity index (χ0n) is 11.2. The number of piperidine rings is 1. The molecule has 1 aromatic heterocycles. The van der Waals surface area contributed by atoms with E-state index in [-0.39, 0.29) is 6.61 Å². The fourth-order valence-electron chi connectivity index (χ4n) is 2.36. The number of pyridine rings is 1. The van der Waals surface area contributed by atoms with Gasteiger partial charge < -0.3 is 14.7 Å². The largest absolute Gasteiger partial charge is 0.491 e. The van der Waals surface area contributed by atoms with E-state index in [1.54, 1.807) is 6.20 Å². The molecule has 18 heavy (non-hydrogen) atoms. The Labute approximate surface area is 109 Å². The third kappa shape index (κ3) is 3.21. The summed E-state index contributed by atoms with van der Waals surface area (Å²) >= 11 is 0. The van der Waals surface area contributed by atoms with Crippen molar-refractivity contribution in [3.05, 3.63) is 23.5 Å². The Balaban J connectivity index is 1.98. The average molecular weight is 250 g/mol. The van der Waals surface area contributed by atoms with Gasteiger partial charge in [0.1, 0.15) is 12.4 Å².